The molecule has 1 aliphatic heterocycles. The van der Waals surface area contributed by atoms with Crippen molar-refractivity contribution >= 4 is 34.3 Å². The second-order valence-corrected chi connectivity index (χ2v) is 8.83. The lowest BCUT2D eigenvalue weighted by atomic mass is 10.0. The van der Waals surface area contributed by atoms with E-state index in [9.17, 15) is 0 Å². The fraction of sp³-hybridized carbons (Fsp3) is 0.200. The van der Waals surface area contributed by atoms with Crippen LogP contribution in [0.2, 0.25) is 5.02 Å². The third kappa shape index (κ3) is 4.12. The van der Waals surface area contributed by atoms with Crippen molar-refractivity contribution in [1.29, 1.82) is 0 Å². The summed E-state index contributed by atoms with van der Waals surface area (Å²) in [6.07, 6.45) is 6.00. The van der Waals surface area contributed by atoms with Crippen molar-refractivity contribution in [2.45, 2.75) is 33.6 Å². The van der Waals surface area contributed by atoms with E-state index in [1.807, 2.05) is 24.3 Å². The van der Waals surface area contributed by atoms with E-state index < -0.39 is 0 Å². The van der Waals surface area contributed by atoms with Gasteiger partial charge in [-0.05, 0) is 72.9 Å². The molecule has 4 heteroatoms. The van der Waals surface area contributed by atoms with Gasteiger partial charge in [-0.1, -0.05) is 61.8 Å². The SMILES string of the molecule is CCC(/C=C1\Oc2ccc(-c3ccccc3)cc2N1CC)=C\c1oc2ccc(Cl)cc2c1CC. The summed E-state index contributed by atoms with van der Waals surface area (Å²) in [5, 5.41) is 1.81. The molecule has 34 heavy (non-hydrogen) atoms. The normalized spacial score (nSPS) is 14.6. The Kier molecular flexibility index (Phi) is 6.21. The maximum atomic E-state index is 6.30. The number of benzene rings is 3. The predicted molar refractivity (Wildman–Crippen MR) is 142 cm³/mol. The summed E-state index contributed by atoms with van der Waals surface area (Å²) in [6, 6.07) is 22.6. The van der Waals surface area contributed by atoms with Crippen LogP contribution in [0, 0.1) is 0 Å². The first-order valence-electron chi connectivity index (χ1n) is 11.9. The fourth-order valence-corrected chi connectivity index (χ4v) is 4.71. The van der Waals surface area contributed by atoms with Gasteiger partial charge >= 0.3 is 0 Å². The number of hydrogen-bond donors (Lipinski definition) is 0. The molecule has 172 valence electrons. The summed E-state index contributed by atoms with van der Waals surface area (Å²) in [7, 11) is 0. The Morgan fingerprint density at radius 1 is 0.941 bits per heavy atom. The maximum Gasteiger partial charge on any atom is 0.200 e. The second kappa shape index (κ2) is 9.44. The van der Waals surface area contributed by atoms with Crippen LogP contribution in [0.1, 0.15) is 38.5 Å². The Balaban J connectivity index is 1.51. The van der Waals surface area contributed by atoms with E-state index >= 15 is 0 Å². The largest absolute Gasteiger partial charge is 0.456 e. The molecule has 0 unspecified atom stereocenters. The van der Waals surface area contributed by atoms with Crippen molar-refractivity contribution in [3.05, 3.63) is 101 Å². The van der Waals surface area contributed by atoms with Crippen molar-refractivity contribution in [3.8, 4) is 16.9 Å². The molecule has 1 aromatic heterocycles. The molecule has 0 saturated heterocycles. The van der Waals surface area contributed by atoms with E-state index in [-0.39, 0.29) is 0 Å². The van der Waals surface area contributed by atoms with Gasteiger partial charge in [0, 0.05) is 28.6 Å². The average molecular weight is 470 g/mol. The number of ether oxygens (including phenoxy) is 1. The molecule has 4 aromatic rings. The Morgan fingerprint density at radius 3 is 2.50 bits per heavy atom. The molecule has 0 bridgehead atoms. The van der Waals surface area contributed by atoms with Gasteiger partial charge in [-0.15, -0.1) is 0 Å². The molecule has 3 nitrogen and oxygen atoms in total. The van der Waals surface area contributed by atoms with Gasteiger partial charge in [-0.2, -0.15) is 0 Å². The molecule has 0 amide bonds. The van der Waals surface area contributed by atoms with Crippen molar-refractivity contribution in [3.63, 3.8) is 0 Å². The molecule has 2 heterocycles. The molecule has 5 rings (SSSR count). The molecular formula is C30H28ClNO2. The zero-order valence-electron chi connectivity index (χ0n) is 19.8. The minimum atomic E-state index is 0.724. The number of aryl methyl sites for hydroxylation is 1. The smallest absolute Gasteiger partial charge is 0.200 e. The molecule has 0 aliphatic carbocycles. The van der Waals surface area contributed by atoms with E-state index in [4.69, 9.17) is 20.8 Å². The van der Waals surface area contributed by atoms with Gasteiger partial charge in [0.1, 0.15) is 11.3 Å². The average Bonchev–Trinajstić information content (AvgIpc) is 3.39. The summed E-state index contributed by atoms with van der Waals surface area (Å²) >= 11 is 6.24. The molecule has 3 aromatic carbocycles. The van der Waals surface area contributed by atoms with E-state index in [1.54, 1.807) is 0 Å². The minimum Gasteiger partial charge on any atom is -0.456 e. The fourth-order valence-electron chi connectivity index (χ4n) is 4.54. The van der Waals surface area contributed by atoms with Crippen molar-refractivity contribution in [2.75, 3.05) is 11.4 Å². The lowest BCUT2D eigenvalue weighted by Gasteiger charge is -2.16. The van der Waals surface area contributed by atoms with E-state index in [0.717, 1.165) is 64.0 Å². The molecule has 0 spiro atoms. The second-order valence-electron chi connectivity index (χ2n) is 8.39. The van der Waals surface area contributed by atoms with Gasteiger partial charge in [0.2, 0.25) is 5.88 Å². The Labute approximate surface area is 205 Å². The van der Waals surface area contributed by atoms with Crippen LogP contribution in [0.5, 0.6) is 5.75 Å². The van der Waals surface area contributed by atoms with Crippen molar-refractivity contribution in [2.24, 2.45) is 0 Å². The van der Waals surface area contributed by atoms with Gasteiger partial charge in [-0.25, -0.2) is 0 Å². The van der Waals surface area contributed by atoms with Crippen LogP contribution in [0.15, 0.2) is 88.7 Å². The first kappa shape index (κ1) is 22.4. The Hall–Kier alpha value is -3.43. The predicted octanol–water partition coefficient (Wildman–Crippen LogP) is 8.87. The Morgan fingerprint density at radius 2 is 1.76 bits per heavy atom. The zero-order valence-corrected chi connectivity index (χ0v) is 20.5. The third-order valence-corrected chi connectivity index (χ3v) is 6.56. The standard InChI is InChI=1S/C30H28ClNO2/c1-4-20(16-29-24(5-2)25-19-23(31)13-15-27(25)33-29)17-30-32(6-3)26-18-22(12-14-28(26)34-30)21-10-8-7-9-11-21/h7-19H,4-6H2,1-3H3/b20-16+,30-17-. The first-order valence-corrected chi connectivity index (χ1v) is 12.3. The van der Waals surface area contributed by atoms with Crippen LogP contribution in [0.3, 0.4) is 0 Å². The summed E-state index contributed by atoms with van der Waals surface area (Å²) in [4.78, 5) is 2.23. The molecule has 0 atom stereocenters. The van der Waals surface area contributed by atoms with Gasteiger partial charge < -0.3 is 14.1 Å². The number of furan rings is 1. The summed E-state index contributed by atoms with van der Waals surface area (Å²) in [6.45, 7) is 7.26. The van der Waals surface area contributed by atoms with Crippen LogP contribution >= 0.6 is 11.6 Å². The monoisotopic (exact) mass is 469 g/mol. The molecular weight excluding hydrogens is 442 g/mol. The van der Waals surface area contributed by atoms with Crippen LogP contribution < -0.4 is 9.64 Å². The van der Waals surface area contributed by atoms with Crippen LogP contribution in [-0.4, -0.2) is 6.54 Å². The number of anilines is 1. The molecule has 1 aliphatic rings. The van der Waals surface area contributed by atoms with E-state index in [0.29, 0.717) is 0 Å². The van der Waals surface area contributed by atoms with Crippen LogP contribution in [-0.2, 0) is 6.42 Å². The molecule has 0 N–H and O–H groups in total. The van der Waals surface area contributed by atoms with Gasteiger partial charge in [0.05, 0.1) is 5.69 Å². The van der Waals surface area contributed by atoms with Crippen LogP contribution in [0.25, 0.3) is 28.2 Å². The highest BCUT2D eigenvalue weighted by molar-refractivity contribution is 6.31. The number of nitrogens with zero attached hydrogens (tertiary/aromatic N) is 1. The summed E-state index contributed by atoms with van der Waals surface area (Å²) < 4.78 is 12.5. The maximum absolute atomic E-state index is 6.30. The number of rotatable bonds is 6. The topological polar surface area (TPSA) is 25.6 Å². The van der Waals surface area contributed by atoms with Gasteiger partial charge in [0.15, 0.2) is 5.75 Å². The van der Waals surface area contributed by atoms with Gasteiger partial charge in [-0.3, -0.25) is 0 Å². The van der Waals surface area contributed by atoms with Crippen molar-refractivity contribution < 1.29 is 9.15 Å². The van der Waals surface area contributed by atoms with E-state index in [2.05, 4.69) is 80.3 Å². The summed E-state index contributed by atoms with van der Waals surface area (Å²) in [5.41, 5.74) is 6.66. The molecule has 0 fully saturated rings. The number of halogens is 1. The van der Waals surface area contributed by atoms with Gasteiger partial charge in [0.25, 0.3) is 0 Å². The lowest BCUT2D eigenvalue weighted by Crippen LogP contribution is -2.19. The highest BCUT2D eigenvalue weighted by atomic mass is 35.5. The van der Waals surface area contributed by atoms with Crippen LogP contribution in [0.4, 0.5) is 5.69 Å². The molecule has 0 saturated carbocycles. The lowest BCUT2D eigenvalue weighted by molar-refractivity contribution is 0.439. The quantitative estimate of drug-likeness (QED) is 0.282. The summed E-state index contributed by atoms with van der Waals surface area (Å²) in [5.74, 6) is 2.61. The van der Waals surface area contributed by atoms with E-state index in [1.165, 1.54) is 16.7 Å². The number of allylic oxidation sites excluding steroid dienone is 2. The highest BCUT2D eigenvalue weighted by Crippen LogP contribution is 2.42. The molecule has 0 radical (unpaired) electrons. The zero-order chi connectivity index (χ0) is 23.7. The van der Waals surface area contributed by atoms with Crippen molar-refractivity contribution in [1.82, 2.24) is 0 Å². The first-order chi connectivity index (χ1) is 16.6. The third-order valence-electron chi connectivity index (χ3n) is 6.32. The minimum absolute atomic E-state index is 0.724. The Bertz CT molecular complexity index is 1400. The number of hydrogen-bond acceptors (Lipinski definition) is 3. The highest BCUT2D eigenvalue weighted by Gasteiger charge is 2.26. The number of fused-ring (bicyclic) bond motifs is 2.